The van der Waals surface area contributed by atoms with E-state index in [1.165, 1.54) is 0 Å². The van der Waals surface area contributed by atoms with E-state index in [-0.39, 0.29) is 25.9 Å². The van der Waals surface area contributed by atoms with Crippen LogP contribution in [0.2, 0.25) is 0 Å². The van der Waals surface area contributed by atoms with E-state index in [0.717, 1.165) is 22.4 Å². The van der Waals surface area contributed by atoms with Gasteiger partial charge in [0.15, 0.2) is 0 Å². The van der Waals surface area contributed by atoms with Gasteiger partial charge in [-0.05, 0) is 35.2 Å². The quantitative estimate of drug-likeness (QED) is 0.329. The third-order valence-electron chi connectivity index (χ3n) is 6.23. The van der Waals surface area contributed by atoms with Crippen molar-refractivity contribution >= 4 is 18.7 Å². The maximum atomic E-state index is 13.6. The van der Waals surface area contributed by atoms with Gasteiger partial charge >= 0.3 is 7.12 Å². The highest BCUT2D eigenvalue weighted by Crippen LogP contribution is 2.29. The molecule has 8 nitrogen and oxygen atoms in total. The molecule has 3 aromatic rings. The summed E-state index contributed by atoms with van der Waals surface area (Å²) >= 11 is 0. The molecule has 0 spiro atoms. The van der Waals surface area contributed by atoms with Gasteiger partial charge in [-0.2, -0.15) is 0 Å². The highest BCUT2D eigenvalue weighted by atomic mass is 16.7. The fourth-order valence-corrected chi connectivity index (χ4v) is 4.29. The van der Waals surface area contributed by atoms with E-state index in [1.54, 1.807) is 7.11 Å². The molecular weight excluding hydrogens is 471 g/mol. The molecule has 0 saturated carbocycles. The molecular formula is C28H31BN2O6. The van der Waals surface area contributed by atoms with Crippen molar-refractivity contribution in [3.63, 3.8) is 0 Å². The van der Waals surface area contributed by atoms with Crippen molar-refractivity contribution in [3.05, 3.63) is 102 Å². The minimum atomic E-state index is -1.74. The van der Waals surface area contributed by atoms with E-state index in [2.05, 4.69) is 10.5 Å². The first kappa shape index (κ1) is 26.4. The monoisotopic (exact) mass is 502 g/mol. The molecule has 1 aliphatic rings. The van der Waals surface area contributed by atoms with Crippen LogP contribution in [-0.4, -0.2) is 54.0 Å². The van der Waals surface area contributed by atoms with Crippen molar-refractivity contribution in [2.75, 3.05) is 13.7 Å². The van der Waals surface area contributed by atoms with Crippen molar-refractivity contribution in [1.29, 1.82) is 0 Å². The predicted octanol–water partition coefficient (Wildman–Crippen LogP) is 2.71. The topological polar surface area (TPSA) is 110 Å². The van der Waals surface area contributed by atoms with Crippen molar-refractivity contribution < 1.29 is 29.2 Å². The number of hydrogen-bond donors (Lipinski definition) is 3. The average molecular weight is 502 g/mol. The Bertz CT molecular complexity index is 1190. The number of hydrogen-bond acceptors (Lipinski definition) is 7. The number of nitrogens with one attached hydrogen (secondary N) is 1. The highest BCUT2D eigenvalue weighted by Gasteiger charge is 2.48. The molecule has 0 aromatic heterocycles. The molecule has 0 saturated heterocycles. The second-order valence-corrected chi connectivity index (χ2v) is 9.11. The summed E-state index contributed by atoms with van der Waals surface area (Å²) in [5.74, 6) is -0.631. The number of oxime groups is 1. The standard InChI is InChI=1S/C28H31BN2O6/c1-35-25-14-8-13-23(15-25)19-36-20-24-18-28(37-31-24,17-22-11-6-3-7-12-22)27(32)30-26(29(33)34)16-21-9-4-2-5-10-21/h2-15,26,33-34H,16-20H2,1H3,(H,30,32)/t26-,28?/m0/s1. The molecule has 1 heterocycles. The van der Waals surface area contributed by atoms with Crippen molar-refractivity contribution in [1.82, 2.24) is 5.32 Å². The Balaban J connectivity index is 1.44. The summed E-state index contributed by atoms with van der Waals surface area (Å²) in [5, 5.41) is 27.0. The van der Waals surface area contributed by atoms with Gasteiger partial charge < -0.3 is 29.7 Å². The lowest BCUT2D eigenvalue weighted by Gasteiger charge is -2.28. The van der Waals surface area contributed by atoms with Crippen LogP contribution in [0.3, 0.4) is 0 Å². The van der Waals surface area contributed by atoms with Crippen LogP contribution in [0.1, 0.15) is 23.1 Å². The van der Waals surface area contributed by atoms with Crippen LogP contribution in [0.15, 0.2) is 90.1 Å². The van der Waals surface area contributed by atoms with Gasteiger partial charge in [-0.3, -0.25) is 4.79 Å². The van der Waals surface area contributed by atoms with E-state index in [4.69, 9.17) is 14.3 Å². The van der Waals surface area contributed by atoms with Gasteiger partial charge in [0.05, 0.1) is 32.0 Å². The molecule has 3 N–H and O–H groups in total. The molecule has 1 aliphatic heterocycles. The van der Waals surface area contributed by atoms with Gasteiger partial charge in [-0.25, -0.2) is 0 Å². The average Bonchev–Trinajstić information content (AvgIpc) is 3.33. The second kappa shape index (κ2) is 12.5. The number of carbonyl (C=O) groups is 1. The first-order valence-electron chi connectivity index (χ1n) is 12.2. The fraction of sp³-hybridized carbons (Fsp3) is 0.286. The van der Waals surface area contributed by atoms with E-state index in [1.807, 2.05) is 84.9 Å². The van der Waals surface area contributed by atoms with Gasteiger partial charge in [0.2, 0.25) is 5.60 Å². The van der Waals surface area contributed by atoms with Crippen molar-refractivity contribution in [3.8, 4) is 5.75 Å². The van der Waals surface area contributed by atoms with Crippen molar-refractivity contribution in [2.45, 2.75) is 37.4 Å². The zero-order chi connectivity index (χ0) is 26.1. The van der Waals surface area contributed by atoms with Crippen LogP contribution in [0.25, 0.3) is 0 Å². The zero-order valence-corrected chi connectivity index (χ0v) is 20.7. The number of nitrogens with zero attached hydrogens (tertiary/aromatic N) is 1. The molecule has 37 heavy (non-hydrogen) atoms. The SMILES string of the molecule is COc1cccc(COCC2=NOC(Cc3ccccc3)(C(=O)N[C@@H](Cc3ccccc3)B(O)O)C2)c1. The number of carbonyl (C=O) groups excluding carboxylic acids is 1. The summed E-state index contributed by atoms with van der Waals surface area (Å²) in [6.07, 6.45) is 0.733. The van der Waals surface area contributed by atoms with Crippen LogP contribution >= 0.6 is 0 Å². The smallest absolute Gasteiger partial charge is 0.475 e. The third kappa shape index (κ3) is 7.19. The normalized spacial score (nSPS) is 17.4. The number of methoxy groups -OCH3 is 1. The van der Waals surface area contributed by atoms with Gasteiger partial charge in [-0.15, -0.1) is 0 Å². The fourth-order valence-electron chi connectivity index (χ4n) is 4.29. The summed E-state index contributed by atoms with van der Waals surface area (Å²) in [7, 11) is -0.131. The van der Waals surface area contributed by atoms with E-state index >= 15 is 0 Å². The first-order chi connectivity index (χ1) is 18.0. The van der Waals surface area contributed by atoms with Crippen LogP contribution < -0.4 is 10.1 Å². The van der Waals surface area contributed by atoms with Gasteiger partial charge in [0.1, 0.15) is 5.75 Å². The Kier molecular flexibility index (Phi) is 8.95. The lowest BCUT2D eigenvalue weighted by Crippen LogP contribution is -2.56. The number of ether oxygens (including phenoxy) is 2. The van der Waals surface area contributed by atoms with E-state index in [9.17, 15) is 14.8 Å². The minimum absolute atomic E-state index is 0.192. The predicted molar refractivity (Wildman–Crippen MR) is 141 cm³/mol. The summed E-state index contributed by atoms with van der Waals surface area (Å²) in [6, 6.07) is 26.5. The summed E-state index contributed by atoms with van der Waals surface area (Å²) < 4.78 is 11.1. The number of benzene rings is 3. The van der Waals surface area contributed by atoms with E-state index < -0.39 is 24.6 Å². The molecule has 0 aliphatic carbocycles. The lowest BCUT2D eigenvalue weighted by atomic mass is 9.75. The van der Waals surface area contributed by atoms with Crippen LogP contribution in [0.4, 0.5) is 0 Å². The molecule has 9 heteroatoms. The molecule has 2 atom stereocenters. The lowest BCUT2D eigenvalue weighted by molar-refractivity contribution is -0.144. The molecule has 4 rings (SSSR count). The summed E-state index contributed by atoms with van der Waals surface area (Å²) in [4.78, 5) is 19.4. The third-order valence-corrected chi connectivity index (χ3v) is 6.23. The van der Waals surface area contributed by atoms with Gasteiger partial charge in [0.25, 0.3) is 5.91 Å². The maximum Gasteiger partial charge on any atom is 0.475 e. The summed E-state index contributed by atoms with van der Waals surface area (Å²) in [6.45, 7) is 0.543. The van der Waals surface area contributed by atoms with Gasteiger partial charge in [0, 0.05) is 12.8 Å². The van der Waals surface area contributed by atoms with E-state index in [0.29, 0.717) is 12.3 Å². The molecule has 0 radical (unpaired) electrons. The highest BCUT2D eigenvalue weighted by molar-refractivity contribution is 6.43. The van der Waals surface area contributed by atoms with Crippen molar-refractivity contribution in [2.24, 2.45) is 5.16 Å². The van der Waals surface area contributed by atoms with Crippen LogP contribution in [0.5, 0.6) is 5.75 Å². The molecule has 3 aromatic carbocycles. The Hall–Kier alpha value is -3.66. The Morgan fingerprint density at radius 1 is 1.00 bits per heavy atom. The summed E-state index contributed by atoms with van der Waals surface area (Å²) in [5.41, 5.74) is 1.98. The Morgan fingerprint density at radius 3 is 2.35 bits per heavy atom. The minimum Gasteiger partial charge on any atom is -0.497 e. The Morgan fingerprint density at radius 2 is 1.68 bits per heavy atom. The van der Waals surface area contributed by atoms with Crippen LogP contribution in [-0.2, 0) is 33.8 Å². The number of rotatable bonds is 12. The van der Waals surface area contributed by atoms with Gasteiger partial charge in [-0.1, -0.05) is 78.0 Å². The largest absolute Gasteiger partial charge is 0.497 e. The molecule has 192 valence electrons. The van der Waals surface area contributed by atoms with Crippen LogP contribution in [0, 0.1) is 0 Å². The zero-order valence-electron chi connectivity index (χ0n) is 20.7. The molecule has 0 fully saturated rings. The molecule has 0 bridgehead atoms. The number of amides is 1. The molecule has 1 unspecified atom stereocenters. The molecule has 1 amide bonds. The maximum absolute atomic E-state index is 13.6. The Labute approximate surface area is 217 Å². The second-order valence-electron chi connectivity index (χ2n) is 9.11. The first-order valence-corrected chi connectivity index (χ1v) is 12.2.